The largest absolute Gasteiger partial charge is 0.348 e. The van der Waals surface area contributed by atoms with Gasteiger partial charge in [-0.3, -0.25) is 9.10 Å². The van der Waals surface area contributed by atoms with E-state index in [1.807, 2.05) is 33.8 Å². The lowest BCUT2D eigenvalue weighted by Crippen LogP contribution is -2.42. The molecule has 3 aromatic rings. The van der Waals surface area contributed by atoms with Crippen molar-refractivity contribution < 1.29 is 21.6 Å². The smallest absolute Gasteiger partial charge is 0.264 e. The summed E-state index contributed by atoms with van der Waals surface area (Å²) in [7, 11) is -7.35. The first-order chi connectivity index (χ1) is 16.8. The second kappa shape index (κ2) is 10.8. The van der Waals surface area contributed by atoms with Crippen LogP contribution in [-0.4, -0.2) is 35.5 Å². The van der Waals surface area contributed by atoms with E-state index in [0.717, 1.165) is 32.8 Å². The Balaban J connectivity index is 1.92. The highest BCUT2D eigenvalue weighted by atomic mass is 32.2. The topological polar surface area (TPSA) is 101 Å². The van der Waals surface area contributed by atoms with Gasteiger partial charge in [0.25, 0.3) is 10.0 Å². The maximum atomic E-state index is 13.6. The summed E-state index contributed by atoms with van der Waals surface area (Å²) in [6.07, 6.45) is 1.68. The van der Waals surface area contributed by atoms with Gasteiger partial charge >= 0.3 is 0 Å². The summed E-state index contributed by atoms with van der Waals surface area (Å²) in [6.45, 7) is 7.18. The standard InChI is InChI=1S/C27H32N2O5S2/c1-6-26(22-10-15-24(16-11-22)35(5,31)32)28-27(30)18-29(23-12-9-20(3)21(4)17-23)36(33,34)25-13-7-19(2)8-14-25/h7-17,26H,6,18H2,1-5H3,(H,28,30). The van der Waals surface area contributed by atoms with Crippen molar-refractivity contribution in [1.29, 1.82) is 0 Å². The minimum atomic E-state index is -4.02. The highest BCUT2D eigenvalue weighted by Crippen LogP contribution is 2.26. The Labute approximate surface area is 214 Å². The number of hydrogen-bond acceptors (Lipinski definition) is 5. The van der Waals surface area contributed by atoms with E-state index in [-0.39, 0.29) is 9.79 Å². The van der Waals surface area contributed by atoms with E-state index in [4.69, 9.17) is 0 Å². The first kappa shape index (κ1) is 27.4. The number of sulfone groups is 1. The first-order valence-electron chi connectivity index (χ1n) is 11.6. The molecule has 1 N–H and O–H groups in total. The second-order valence-electron chi connectivity index (χ2n) is 8.96. The van der Waals surface area contributed by atoms with Gasteiger partial charge in [-0.15, -0.1) is 0 Å². The van der Waals surface area contributed by atoms with Gasteiger partial charge < -0.3 is 5.32 Å². The summed E-state index contributed by atoms with van der Waals surface area (Å²) in [6, 6.07) is 17.7. The molecule has 1 atom stereocenters. The fourth-order valence-electron chi connectivity index (χ4n) is 3.77. The number of carbonyl (C=O) groups excluding carboxylic acids is 1. The monoisotopic (exact) mass is 528 g/mol. The third-order valence-corrected chi connectivity index (χ3v) is 9.05. The Bertz CT molecular complexity index is 1450. The molecular weight excluding hydrogens is 496 g/mol. The van der Waals surface area contributed by atoms with E-state index in [0.29, 0.717) is 12.1 Å². The number of aryl methyl sites for hydroxylation is 3. The van der Waals surface area contributed by atoms with Crippen molar-refractivity contribution in [2.45, 2.75) is 49.9 Å². The van der Waals surface area contributed by atoms with E-state index in [1.165, 1.54) is 24.3 Å². The molecule has 0 spiro atoms. The minimum Gasteiger partial charge on any atom is -0.348 e. The molecule has 0 aliphatic carbocycles. The predicted molar refractivity (Wildman–Crippen MR) is 142 cm³/mol. The van der Waals surface area contributed by atoms with Crippen LogP contribution < -0.4 is 9.62 Å². The molecule has 0 saturated heterocycles. The molecule has 3 rings (SSSR count). The van der Waals surface area contributed by atoms with Crippen molar-refractivity contribution in [3.63, 3.8) is 0 Å². The summed E-state index contributed by atoms with van der Waals surface area (Å²) in [5.41, 5.74) is 3.99. The molecule has 9 heteroatoms. The number of rotatable bonds is 9. The van der Waals surface area contributed by atoms with E-state index in [2.05, 4.69) is 5.32 Å². The molecule has 3 aromatic carbocycles. The summed E-state index contributed by atoms with van der Waals surface area (Å²) in [5, 5.41) is 2.91. The van der Waals surface area contributed by atoms with E-state index in [9.17, 15) is 21.6 Å². The normalized spacial score (nSPS) is 12.7. The maximum Gasteiger partial charge on any atom is 0.264 e. The fourth-order valence-corrected chi connectivity index (χ4v) is 5.82. The fraction of sp³-hybridized carbons (Fsp3) is 0.296. The molecular formula is C27H32N2O5S2. The molecule has 0 aromatic heterocycles. The zero-order valence-corrected chi connectivity index (χ0v) is 22.8. The van der Waals surface area contributed by atoms with Gasteiger partial charge in [0.1, 0.15) is 6.54 Å². The van der Waals surface area contributed by atoms with Crippen LogP contribution in [0.2, 0.25) is 0 Å². The zero-order chi connectivity index (χ0) is 26.7. The van der Waals surface area contributed by atoms with Crippen LogP contribution in [0.3, 0.4) is 0 Å². The number of benzene rings is 3. The summed E-state index contributed by atoms with van der Waals surface area (Å²) in [4.78, 5) is 13.5. The number of nitrogens with zero attached hydrogens (tertiary/aromatic N) is 1. The summed E-state index contributed by atoms with van der Waals surface area (Å²) < 4.78 is 51.9. The van der Waals surface area contributed by atoms with E-state index >= 15 is 0 Å². The van der Waals surface area contributed by atoms with Crippen molar-refractivity contribution in [2.75, 3.05) is 17.1 Å². The molecule has 1 amide bonds. The van der Waals surface area contributed by atoms with Crippen LogP contribution in [0.1, 0.15) is 41.6 Å². The van der Waals surface area contributed by atoms with Crippen LogP contribution in [0, 0.1) is 20.8 Å². The average Bonchev–Trinajstić information content (AvgIpc) is 2.82. The lowest BCUT2D eigenvalue weighted by Gasteiger charge is -2.26. The Morgan fingerprint density at radius 3 is 1.94 bits per heavy atom. The van der Waals surface area contributed by atoms with Crippen LogP contribution in [0.15, 0.2) is 76.5 Å². The van der Waals surface area contributed by atoms with E-state index < -0.39 is 38.4 Å². The van der Waals surface area contributed by atoms with Gasteiger partial charge in [0.05, 0.1) is 21.5 Å². The second-order valence-corrected chi connectivity index (χ2v) is 12.8. The Kier molecular flexibility index (Phi) is 8.26. The van der Waals surface area contributed by atoms with Gasteiger partial charge in [-0.05, 0) is 80.3 Å². The summed E-state index contributed by atoms with van der Waals surface area (Å²) >= 11 is 0. The number of carbonyl (C=O) groups is 1. The molecule has 0 heterocycles. The van der Waals surface area contributed by atoms with Crippen molar-refractivity contribution in [1.82, 2.24) is 5.32 Å². The lowest BCUT2D eigenvalue weighted by molar-refractivity contribution is -0.120. The SMILES string of the molecule is CCC(NC(=O)CN(c1ccc(C)c(C)c1)S(=O)(=O)c1ccc(C)cc1)c1ccc(S(C)(=O)=O)cc1. The molecule has 36 heavy (non-hydrogen) atoms. The minimum absolute atomic E-state index is 0.0996. The molecule has 0 saturated carbocycles. The van der Waals surface area contributed by atoms with E-state index in [1.54, 1.807) is 36.4 Å². The van der Waals surface area contributed by atoms with Crippen molar-refractivity contribution in [3.05, 3.63) is 89.0 Å². The molecule has 1 unspecified atom stereocenters. The highest BCUT2D eigenvalue weighted by Gasteiger charge is 2.28. The van der Waals surface area contributed by atoms with Crippen LogP contribution in [-0.2, 0) is 24.7 Å². The third kappa shape index (κ3) is 6.33. The molecule has 0 bridgehead atoms. The zero-order valence-electron chi connectivity index (χ0n) is 21.1. The molecule has 0 radical (unpaired) electrons. The summed E-state index contributed by atoms with van der Waals surface area (Å²) in [5.74, 6) is -0.469. The van der Waals surface area contributed by atoms with Crippen LogP contribution in [0.5, 0.6) is 0 Å². The van der Waals surface area contributed by atoms with Crippen LogP contribution in [0.4, 0.5) is 5.69 Å². The number of anilines is 1. The molecule has 192 valence electrons. The van der Waals surface area contributed by atoms with Crippen LogP contribution >= 0.6 is 0 Å². The lowest BCUT2D eigenvalue weighted by atomic mass is 10.0. The van der Waals surface area contributed by atoms with Gasteiger partial charge in [0.15, 0.2) is 9.84 Å². The Morgan fingerprint density at radius 2 is 1.42 bits per heavy atom. The number of hydrogen-bond donors (Lipinski definition) is 1. The van der Waals surface area contributed by atoms with Gasteiger partial charge in [-0.1, -0.05) is 42.8 Å². The average molecular weight is 529 g/mol. The van der Waals surface area contributed by atoms with Crippen molar-refractivity contribution in [2.24, 2.45) is 0 Å². The van der Waals surface area contributed by atoms with Gasteiger partial charge in [0.2, 0.25) is 5.91 Å². The Morgan fingerprint density at radius 1 is 0.833 bits per heavy atom. The highest BCUT2D eigenvalue weighted by molar-refractivity contribution is 7.93. The Hall–Kier alpha value is -3.17. The quantitative estimate of drug-likeness (QED) is 0.441. The van der Waals surface area contributed by atoms with Crippen molar-refractivity contribution in [3.8, 4) is 0 Å². The molecule has 0 aliphatic heterocycles. The van der Waals surface area contributed by atoms with Crippen LogP contribution in [0.25, 0.3) is 0 Å². The molecule has 0 fully saturated rings. The van der Waals surface area contributed by atoms with Gasteiger partial charge in [0, 0.05) is 6.26 Å². The molecule has 7 nitrogen and oxygen atoms in total. The van der Waals surface area contributed by atoms with Gasteiger partial charge in [-0.2, -0.15) is 0 Å². The first-order valence-corrected chi connectivity index (χ1v) is 14.9. The third-order valence-electron chi connectivity index (χ3n) is 6.13. The van der Waals surface area contributed by atoms with Gasteiger partial charge in [-0.25, -0.2) is 16.8 Å². The number of nitrogens with one attached hydrogen (secondary N) is 1. The van der Waals surface area contributed by atoms with Crippen molar-refractivity contribution >= 4 is 31.5 Å². The maximum absolute atomic E-state index is 13.6. The number of sulfonamides is 1. The number of amides is 1. The molecule has 0 aliphatic rings. The predicted octanol–water partition coefficient (Wildman–Crippen LogP) is 4.48.